The number of nitrogens with zero attached hydrogens (tertiary/aromatic N) is 4. The molecule has 4 nitrogen and oxygen atoms in total. The molecule has 0 saturated heterocycles. The fourth-order valence-corrected chi connectivity index (χ4v) is 10.0. The van der Waals surface area contributed by atoms with Crippen LogP contribution in [0.15, 0.2) is 133 Å². The van der Waals surface area contributed by atoms with Gasteiger partial charge in [0.15, 0.2) is 0 Å². The van der Waals surface area contributed by atoms with Crippen molar-refractivity contribution in [1.82, 2.24) is 9.13 Å². The average molecular weight is 691 g/mol. The number of benzene rings is 7. The second-order valence-corrected chi connectivity index (χ2v) is 16.0. The molecule has 54 heavy (non-hydrogen) atoms. The topological polar surface area (TPSA) is 57.4 Å². The molecule has 0 unspecified atom stereocenters. The Morgan fingerprint density at radius 3 is 1.44 bits per heavy atom. The fourth-order valence-electron chi connectivity index (χ4n) is 10.0. The molecule has 0 amide bonds. The highest BCUT2D eigenvalue weighted by molar-refractivity contribution is 6.14. The van der Waals surface area contributed by atoms with Gasteiger partial charge < -0.3 is 9.13 Å². The maximum absolute atomic E-state index is 11.0. The molecule has 0 fully saturated rings. The molecule has 11 rings (SSSR count). The van der Waals surface area contributed by atoms with E-state index in [0.29, 0.717) is 16.8 Å². The quantitative estimate of drug-likeness (QED) is 0.181. The summed E-state index contributed by atoms with van der Waals surface area (Å²) in [5.74, 6) is 0. The van der Waals surface area contributed by atoms with E-state index in [1.807, 2.05) is 12.1 Å². The van der Waals surface area contributed by atoms with Gasteiger partial charge in [0.2, 0.25) is 0 Å². The van der Waals surface area contributed by atoms with Gasteiger partial charge in [0, 0.05) is 32.4 Å². The molecule has 4 heteroatoms. The first kappa shape index (κ1) is 30.7. The van der Waals surface area contributed by atoms with Crippen LogP contribution in [-0.4, -0.2) is 9.13 Å². The first-order valence-corrected chi connectivity index (χ1v) is 18.6. The van der Waals surface area contributed by atoms with Gasteiger partial charge in [0.1, 0.15) is 12.1 Å². The molecule has 7 aromatic carbocycles. The highest BCUT2D eigenvalue weighted by atomic mass is 15.1. The summed E-state index contributed by atoms with van der Waals surface area (Å²) < 4.78 is 4.57. The number of hydrogen-bond acceptors (Lipinski definition) is 2. The normalized spacial score (nSPS) is 14.6. The third-order valence-corrected chi connectivity index (χ3v) is 12.6. The minimum atomic E-state index is -0.163. The molecule has 2 aromatic heterocycles. The van der Waals surface area contributed by atoms with Gasteiger partial charge in [-0.1, -0.05) is 113 Å². The van der Waals surface area contributed by atoms with E-state index in [1.165, 1.54) is 44.5 Å². The summed E-state index contributed by atoms with van der Waals surface area (Å²) in [6.07, 6.45) is 0. The Labute approximate surface area is 313 Å². The standard InChI is InChI=1S/C50H34N4/c1-49(2)39-17-9-5-13-30(39)34-25-46-36(23-41(34)49)32-15-7-11-19-43(32)53(46)45-22-21-29(27-51)38(28-52)48(45)54-44-20-12-8-16-33(44)37-24-42-35(26-47(37)54)31-14-6-10-18-40(31)50(42,3)4/h5-26H,1-4H3. The van der Waals surface area contributed by atoms with Gasteiger partial charge in [-0.05, 0) is 93.0 Å². The molecule has 0 spiro atoms. The van der Waals surface area contributed by atoms with Crippen LogP contribution in [0.25, 0.3) is 77.2 Å². The highest BCUT2D eigenvalue weighted by Gasteiger charge is 2.38. The number of nitriles is 2. The minimum Gasteiger partial charge on any atom is -0.307 e. The number of rotatable bonds is 2. The van der Waals surface area contributed by atoms with E-state index >= 15 is 0 Å². The van der Waals surface area contributed by atoms with Gasteiger partial charge in [0.25, 0.3) is 0 Å². The van der Waals surface area contributed by atoms with Crippen molar-refractivity contribution >= 4 is 43.6 Å². The maximum atomic E-state index is 11.0. The van der Waals surface area contributed by atoms with E-state index in [1.54, 1.807) is 0 Å². The summed E-state index contributed by atoms with van der Waals surface area (Å²) in [7, 11) is 0. The van der Waals surface area contributed by atoms with E-state index in [4.69, 9.17) is 0 Å². The summed E-state index contributed by atoms with van der Waals surface area (Å²) >= 11 is 0. The van der Waals surface area contributed by atoms with Gasteiger partial charge >= 0.3 is 0 Å². The molecule has 2 aliphatic rings. The summed E-state index contributed by atoms with van der Waals surface area (Å²) in [6, 6.07) is 52.7. The second-order valence-electron chi connectivity index (χ2n) is 16.0. The lowest BCUT2D eigenvalue weighted by Gasteiger charge is -2.22. The Balaban J connectivity index is 1.31. The molecule has 0 atom stereocenters. The van der Waals surface area contributed by atoms with E-state index in [2.05, 4.69) is 170 Å². The molecular weight excluding hydrogens is 657 g/mol. The van der Waals surface area contributed by atoms with Crippen LogP contribution in [0.3, 0.4) is 0 Å². The lowest BCUT2D eigenvalue weighted by Crippen LogP contribution is -2.14. The minimum absolute atomic E-state index is 0.146. The van der Waals surface area contributed by atoms with E-state index in [0.717, 1.165) is 49.3 Å². The summed E-state index contributed by atoms with van der Waals surface area (Å²) in [6.45, 7) is 9.26. The van der Waals surface area contributed by atoms with Crippen LogP contribution in [0.1, 0.15) is 61.1 Å². The zero-order valence-electron chi connectivity index (χ0n) is 30.5. The van der Waals surface area contributed by atoms with E-state index in [9.17, 15) is 10.5 Å². The zero-order chi connectivity index (χ0) is 36.7. The Morgan fingerprint density at radius 2 is 0.907 bits per heavy atom. The number of fused-ring (bicyclic) bond motifs is 12. The zero-order valence-corrected chi connectivity index (χ0v) is 30.5. The summed E-state index contributed by atoms with van der Waals surface area (Å²) in [4.78, 5) is 0. The van der Waals surface area contributed by atoms with Gasteiger partial charge in [0.05, 0.1) is 44.6 Å². The van der Waals surface area contributed by atoms with Crippen molar-refractivity contribution in [2.45, 2.75) is 38.5 Å². The van der Waals surface area contributed by atoms with Crippen molar-refractivity contribution in [1.29, 1.82) is 10.5 Å². The average Bonchev–Trinajstić information content (AvgIpc) is 3.84. The van der Waals surface area contributed by atoms with Crippen molar-refractivity contribution in [2.75, 3.05) is 0 Å². The molecular formula is C50H34N4. The van der Waals surface area contributed by atoms with Crippen LogP contribution >= 0.6 is 0 Å². The first-order chi connectivity index (χ1) is 26.2. The van der Waals surface area contributed by atoms with Gasteiger partial charge in [-0.15, -0.1) is 0 Å². The molecule has 9 aromatic rings. The molecule has 0 saturated carbocycles. The van der Waals surface area contributed by atoms with Crippen LogP contribution in [0, 0.1) is 22.7 Å². The van der Waals surface area contributed by atoms with Crippen LogP contribution in [0.4, 0.5) is 0 Å². The van der Waals surface area contributed by atoms with Crippen molar-refractivity contribution in [3.8, 4) is 45.8 Å². The Morgan fingerprint density at radius 1 is 0.426 bits per heavy atom. The third kappa shape index (κ3) is 3.70. The lowest BCUT2D eigenvalue weighted by atomic mass is 9.82. The second kappa shape index (κ2) is 10.4. The number of aromatic nitrogens is 2. The van der Waals surface area contributed by atoms with Crippen molar-refractivity contribution in [3.63, 3.8) is 0 Å². The molecule has 2 aliphatic carbocycles. The van der Waals surface area contributed by atoms with Crippen LogP contribution in [-0.2, 0) is 10.8 Å². The smallest absolute Gasteiger partial charge is 0.103 e. The Bertz CT molecular complexity index is 3240. The van der Waals surface area contributed by atoms with Gasteiger partial charge in [-0.3, -0.25) is 0 Å². The predicted molar refractivity (Wildman–Crippen MR) is 220 cm³/mol. The molecule has 2 heterocycles. The predicted octanol–water partition coefficient (Wildman–Crippen LogP) is 12.2. The van der Waals surface area contributed by atoms with Crippen LogP contribution in [0.5, 0.6) is 0 Å². The van der Waals surface area contributed by atoms with Crippen molar-refractivity contribution in [3.05, 3.63) is 167 Å². The molecule has 0 bridgehead atoms. The lowest BCUT2D eigenvalue weighted by molar-refractivity contribution is 0.661. The van der Waals surface area contributed by atoms with Crippen molar-refractivity contribution < 1.29 is 0 Å². The molecule has 0 aliphatic heterocycles. The largest absolute Gasteiger partial charge is 0.307 e. The molecule has 0 radical (unpaired) electrons. The van der Waals surface area contributed by atoms with E-state index < -0.39 is 0 Å². The Hall–Kier alpha value is -6.88. The summed E-state index contributed by atoms with van der Waals surface area (Å²) in [5.41, 5.74) is 16.3. The highest BCUT2D eigenvalue weighted by Crippen LogP contribution is 2.53. The number of para-hydroxylation sites is 2. The summed E-state index contributed by atoms with van der Waals surface area (Å²) in [5, 5.41) is 26.1. The van der Waals surface area contributed by atoms with Crippen LogP contribution in [0.2, 0.25) is 0 Å². The van der Waals surface area contributed by atoms with E-state index in [-0.39, 0.29) is 10.8 Å². The fraction of sp³-hybridized carbons (Fsp3) is 0.120. The van der Waals surface area contributed by atoms with Crippen LogP contribution < -0.4 is 0 Å². The Kier molecular flexibility index (Phi) is 5.90. The molecule has 0 N–H and O–H groups in total. The monoisotopic (exact) mass is 690 g/mol. The molecule has 254 valence electrons. The maximum Gasteiger partial charge on any atom is 0.103 e. The van der Waals surface area contributed by atoms with Gasteiger partial charge in [-0.25, -0.2) is 0 Å². The first-order valence-electron chi connectivity index (χ1n) is 18.6. The SMILES string of the molecule is CC1(C)c2ccccc2-c2cc3c(cc21)c1ccccc1n3-c1ccc(C#N)c(C#N)c1-n1c2ccccc2c2cc3c(cc21)-c1ccccc1C3(C)C. The van der Waals surface area contributed by atoms with Gasteiger partial charge in [-0.2, -0.15) is 10.5 Å². The van der Waals surface area contributed by atoms with Crippen molar-refractivity contribution in [2.24, 2.45) is 0 Å². The third-order valence-electron chi connectivity index (χ3n) is 12.6. The number of hydrogen-bond donors (Lipinski definition) is 0.